The minimum absolute atomic E-state index is 0.0207. The van der Waals surface area contributed by atoms with Crippen LogP contribution >= 0.6 is 20.2 Å². The van der Waals surface area contributed by atoms with E-state index in [4.69, 9.17) is 18.9 Å². The fourth-order valence-electron chi connectivity index (χ4n) is 4.08. The zero-order chi connectivity index (χ0) is 26.6. The standard InChI is InChI=1S/C28H30FIN6O2/c1-3-19-14-30(19)38-24-13-21(37-4-2)12-22(25(24)29)26(35-20-9-7-17(8-10-20)27(31)32)28-34-16-23(36-28)18-6-5-11-33-15-18/h5-13,15-16,19,26,35H,3-4,14H2,1-2H3,(H3,31,32)(H,34,36). The fraction of sp³-hybridized carbons (Fsp3) is 0.250. The molecule has 2 unspecified atom stereocenters. The number of aromatic amines is 1. The molecule has 0 amide bonds. The van der Waals surface area contributed by atoms with Crippen molar-refractivity contribution < 1.29 is 12.2 Å². The molecule has 0 spiro atoms. The van der Waals surface area contributed by atoms with Crippen LogP contribution in [0.2, 0.25) is 0 Å². The molecule has 198 valence electrons. The van der Waals surface area contributed by atoms with Crippen molar-refractivity contribution in [2.45, 2.75) is 30.2 Å². The Hall–Kier alpha value is -3.67. The van der Waals surface area contributed by atoms with E-state index in [-0.39, 0.29) is 11.6 Å². The summed E-state index contributed by atoms with van der Waals surface area (Å²) in [5.41, 5.74) is 8.93. The summed E-state index contributed by atoms with van der Waals surface area (Å²) in [5, 5.41) is 11.1. The van der Waals surface area contributed by atoms with Gasteiger partial charge in [-0.2, -0.15) is 0 Å². The molecule has 1 aliphatic heterocycles. The predicted molar refractivity (Wildman–Crippen MR) is 156 cm³/mol. The molecule has 2 aromatic carbocycles. The molecule has 10 heteroatoms. The Balaban J connectivity index is 1.56. The average molecular weight is 628 g/mol. The van der Waals surface area contributed by atoms with Gasteiger partial charge in [-0.15, -0.1) is 0 Å². The van der Waals surface area contributed by atoms with Crippen LogP contribution in [0.4, 0.5) is 10.1 Å². The van der Waals surface area contributed by atoms with Crippen LogP contribution in [0, 0.1) is 11.2 Å². The summed E-state index contributed by atoms with van der Waals surface area (Å²) in [6.45, 7) is 4.49. The van der Waals surface area contributed by atoms with Crippen molar-refractivity contribution in [3.63, 3.8) is 0 Å². The van der Waals surface area contributed by atoms with E-state index in [2.05, 4.69) is 27.2 Å². The van der Waals surface area contributed by atoms with E-state index in [9.17, 15) is 0 Å². The quantitative estimate of drug-likeness (QED) is 0.0691. The van der Waals surface area contributed by atoms with Crippen molar-refractivity contribution in [3.05, 3.63) is 89.9 Å². The maximum absolute atomic E-state index is 16.2. The van der Waals surface area contributed by atoms with E-state index in [0.717, 1.165) is 22.1 Å². The topological polar surface area (TPSA) is 122 Å². The number of ether oxygens (including phenoxy) is 1. The molecule has 5 rings (SSSR count). The number of anilines is 1. The first-order valence-electron chi connectivity index (χ1n) is 12.4. The molecule has 0 radical (unpaired) electrons. The number of nitrogens with zero attached hydrogens (tertiary/aromatic N) is 2. The van der Waals surface area contributed by atoms with Crippen molar-refractivity contribution in [1.29, 1.82) is 5.41 Å². The van der Waals surface area contributed by atoms with Crippen LogP contribution in [-0.4, -0.2) is 35.7 Å². The van der Waals surface area contributed by atoms with Crippen molar-refractivity contribution in [1.82, 2.24) is 15.0 Å². The molecule has 0 bridgehead atoms. The number of hydrogen-bond donors (Lipinski definition) is 4. The number of benzene rings is 2. The van der Waals surface area contributed by atoms with Crippen LogP contribution in [0.3, 0.4) is 0 Å². The summed E-state index contributed by atoms with van der Waals surface area (Å²) in [5.74, 6) is 0.860. The third-order valence-electron chi connectivity index (χ3n) is 6.20. The molecule has 0 aliphatic carbocycles. The summed E-state index contributed by atoms with van der Waals surface area (Å²) in [4.78, 5) is 12.1. The number of rotatable bonds is 11. The van der Waals surface area contributed by atoms with Gasteiger partial charge in [-0.25, -0.2) is 0 Å². The first kappa shape index (κ1) is 26.0. The fourth-order valence-corrected chi connectivity index (χ4v) is 8.82. The summed E-state index contributed by atoms with van der Waals surface area (Å²) < 4.78 is 29.9. The number of nitrogen functional groups attached to an aromatic ring is 1. The molecule has 2 atom stereocenters. The Morgan fingerprint density at radius 2 is 2.05 bits per heavy atom. The monoisotopic (exact) mass is 628 g/mol. The third kappa shape index (κ3) is 5.74. The van der Waals surface area contributed by atoms with Crippen LogP contribution in [-0.2, 0) is 0 Å². The number of aromatic nitrogens is 3. The molecule has 1 saturated heterocycles. The van der Waals surface area contributed by atoms with E-state index in [1.807, 2.05) is 19.1 Å². The molecule has 4 aromatic rings. The number of imidazole rings is 1. The van der Waals surface area contributed by atoms with E-state index in [0.29, 0.717) is 38.9 Å². The first-order valence-corrected chi connectivity index (χ1v) is 16.1. The zero-order valence-electron chi connectivity index (χ0n) is 21.2. The van der Waals surface area contributed by atoms with Crippen molar-refractivity contribution in [2.75, 3.05) is 16.4 Å². The first-order chi connectivity index (χ1) is 18.5. The number of hydrogen-bond acceptors (Lipinski definition) is 6. The zero-order valence-corrected chi connectivity index (χ0v) is 23.3. The van der Waals surface area contributed by atoms with Crippen LogP contribution in [0.5, 0.6) is 11.5 Å². The molecule has 2 aromatic heterocycles. The average Bonchev–Trinajstić information content (AvgIpc) is 3.50. The SMILES string of the molecule is CCOc1cc(OI2CC2CC)c(F)c(C(Nc2ccc(C(=N)N)cc2)c2ncc(-c3cccnc3)[nH]2)c1. The Morgan fingerprint density at radius 3 is 2.71 bits per heavy atom. The number of halogens is 2. The molecule has 1 aliphatic rings. The van der Waals surface area contributed by atoms with E-state index >= 15 is 4.39 Å². The Bertz CT molecular complexity index is 1410. The predicted octanol–water partition coefficient (Wildman–Crippen LogP) is 6.09. The van der Waals surface area contributed by atoms with Gasteiger partial charge < -0.3 is 0 Å². The third-order valence-corrected chi connectivity index (χ3v) is 11.3. The molecule has 8 nitrogen and oxygen atoms in total. The Morgan fingerprint density at radius 1 is 1.24 bits per heavy atom. The second-order valence-electron chi connectivity index (χ2n) is 8.84. The van der Waals surface area contributed by atoms with Gasteiger partial charge in [0, 0.05) is 0 Å². The van der Waals surface area contributed by atoms with Crippen LogP contribution in [0.1, 0.15) is 43.3 Å². The molecule has 0 saturated carbocycles. The number of alkyl halides is 2. The van der Waals surface area contributed by atoms with E-state index in [1.165, 1.54) is 0 Å². The van der Waals surface area contributed by atoms with E-state index in [1.54, 1.807) is 55.0 Å². The van der Waals surface area contributed by atoms with Crippen LogP contribution < -0.4 is 18.9 Å². The second kappa shape index (κ2) is 11.4. The molecule has 1 fully saturated rings. The number of nitrogens with two attached hydrogens (primary N) is 1. The second-order valence-corrected chi connectivity index (χ2v) is 13.9. The maximum atomic E-state index is 16.2. The summed E-state index contributed by atoms with van der Waals surface area (Å²) in [7, 11) is 0. The van der Waals surface area contributed by atoms with Crippen LogP contribution in [0.15, 0.2) is 67.1 Å². The van der Waals surface area contributed by atoms with Gasteiger partial charge >= 0.3 is 229 Å². The van der Waals surface area contributed by atoms with Crippen molar-refractivity contribution in [3.8, 4) is 22.8 Å². The van der Waals surface area contributed by atoms with Gasteiger partial charge in [0.2, 0.25) is 0 Å². The number of nitrogens with one attached hydrogen (secondary N) is 3. The van der Waals surface area contributed by atoms with Gasteiger partial charge in [-0.3, -0.25) is 0 Å². The summed E-state index contributed by atoms with van der Waals surface area (Å²) >= 11 is -1.64. The minimum atomic E-state index is -1.64. The summed E-state index contributed by atoms with van der Waals surface area (Å²) in [6, 6.07) is 13.6. The molecular formula is C28H30FIN6O2. The number of amidine groups is 1. The molecular weight excluding hydrogens is 598 g/mol. The Kier molecular flexibility index (Phi) is 7.77. The van der Waals surface area contributed by atoms with Gasteiger partial charge in [-0.05, 0) is 0 Å². The molecule has 3 heterocycles. The van der Waals surface area contributed by atoms with Gasteiger partial charge in [0.05, 0.1) is 0 Å². The van der Waals surface area contributed by atoms with Crippen molar-refractivity contribution in [2.24, 2.45) is 5.73 Å². The normalized spacial score (nSPS) is 16.1. The van der Waals surface area contributed by atoms with Gasteiger partial charge in [-0.1, -0.05) is 0 Å². The van der Waals surface area contributed by atoms with E-state index < -0.39 is 32.1 Å². The molecule has 5 N–H and O–H groups in total. The molecule has 38 heavy (non-hydrogen) atoms. The van der Waals surface area contributed by atoms with Crippen molar-refractivity contribution >= 4 is 31.8 Å². The van der Waals surface area contributed by atoms with Gasteiger partial charge in [0.25, 0.3) is 0 Å². The Labute approximate surface area is 228 Å². The summed E-state index contributed by atoms with van der Waals surface area (Å²) in [6.07, 6.45) is 6.23. The van der Waals surface area contributed by atoms with Crippen LogP contribution in [0.25, 0.3) is 11.3 Å². The van der Waals surface area contributed by atoms with Gasteiger partial charge in [0.15, 0.2) is 0 Å². The number of H-pyrrole nitrogens is 1. The van der Waals surface area contributed by atoms with Gasteiger partial charge in [0.1, 0.15) is 0 Å². The number of pyridine rings is 1.